The number of para-hydroxylation sites is 1. The average Bonchev–Trinajstić information content (AvgIpc) is 3.20. The third-order valence-corrected chi connectivity index (χ3v) is 4.46. The first-order valence-electron chi connectivity index (χ1n) is 9.24. The summed E-state index contributed by atoms with van der Waals surface area (Å²) in [4.78, 5) is 12.9. The molecule has 0 aliphatic rings. The molecule has 3 aromatic carbocycles. The fourth-order valence-corrected chi connectivity index (χ4v) is 2.95. The largest absolute Gasteiger partial charge is 0.489 e. The highest BCUT2D eigenvalue weighted by molar-refractivity contribution is 6.05. The molecule has 0 aliphatic heterocycles. The monoisotopic (exact) mass is 403 g/mol. The third kappa shape index (κ3) is 4.17. The predicted molar refractivity (Wildman–Crippen MR) is 109 cm³/mol. The minimum absolute atomic E-state index is 0.149. The number of carbonyl (C=O) groups excluding carboxylic acids is 1. The van der Waals surface area contributed by atoms with Gasteiger partial charge in [-0.3, -0.25) is 4.79 Å². The molecule has 30 heavy (non-hydrogen) atoms. The second-order valence-corrected chi connectivity index (χ2v) is 6.52. The molecule has 7 nitrogen and oxygen atoms in total. The van der Waals surface area contributed by atoms with Gasteiger partial charge in [-0.1, -0.05) is 36.4 Å². The minimum atomic E-state index is -0.500. The SMILES string of the molecule is Cc1nnnn1-c1cc(NC(=O)c2ccccc2COc2ccccc2)ccc1F. The van der Waals surface area contributed by atoms with Crippen LogP contribution in [0.5, 0.6) is 5.75 Å². The molecule has 1 heterocycles. The topological polar surface area (TPSA) is 81.9 Å². The fraction of sp³-hybridized carbons (Fsp3) is 0.0909. The van der Waals surface area contributed by atoms with E-state index >= 15 is 0 Å². The zero-order valence-electron chi connectivity index (χ0n) is 16.1. The van der Waals surface area contributed by atoms with E-state index in [1.165, 1.54) is 22.9 Å². The lowest BCUT2D eigenvalue weighted by Crippen LogP contribution is -2.15. The molecule has 0 radical (unpaired) electrons. The maximum atomic E-state index is 14.3. The molecular formula is C22H18FN5O2. The Balaban J connectivity index is 1.54. The fourth-order valence-electron chi connectivity index (χ4n) is 2.95. The van der Waals surface area contributed by atoms with Crippen LogP contribution in [0.4, 0.5) is 10.1 Å². The van der Waals surface area contributed by atoms with Crippen LogP contribution >= 0.6 is 0 Å². The van der Waals surface area contributed by atoms with E-state index < -0.39 is 5.82 Å². The molecule has 0 spiro atoms. The van der Waals surface area contributed by atoms with E-state index in [0.29, 0.717) is 22.8 Å². The molecule has 150 valence electrons. The van der Waals surface area contributed by atoms with Crippen LogP contribution in [0.3, 0.4) is 0 Å². The van der Waals surface area contributed by atoms with Crippen LogP contribution in [-0.4, -0.2) is 26.1 Å². The Labute approximate surface area is 172 Å². The highest BCUT2D eigenvalue weighted by Gasteiger charge is 2.15. The zero-order valence-corrected chi connectivity index (χ0v) is 16.1. The molecule has 4 rings (SSSR count). The highest BCUT2D eigenvalue weighted by Crippen LogP contribution is 2.21. The number of rotatable bonds is 6. The normalized spacial score (nSPS) is 10.6. The maximum absolute atomic E-state index is 14.3. The number of halogens is 1. The summed E-state index contributed by atoms with van der Waals surface area (Å²) >= 11 is 0. The molecule has 0 unspecified atom stereocenters. The number of carbonyl (C=O) groups is 1. The van der Waals surface area contributed by atoms with Crippen molar-refractivity contribution in [3.63, 3.8) is 0 Å². The summed E-state index contributed by atoms with van der Waals surface area (Å²) in [7, 11) is 0. The van der Waals surface area contributed by atoms with Crippen molar-refractivity contribution in [2.45, 2.75) is 13.5 Å². The zero-order chi connectivity index (χ0) is 20.9. The lowest BCUT2D eigenvalue weighted by atomic mass is 10.1. The molecule has 0 fully saturated rings. The van der Waals surface area contributed by atoms with E-state index in [2.05, 4.69) is 20.8 Å². The number of aromatic nitrogens is 4. The van der Waals surface area contributed by atoms with Crippen LogP contribution in [0.25, 0.3) is 5.69 Å². The van der Waals surface area contributed by atoms with E-state index in [1.54, 1.807) is 19.1 Å². The van der Waals surface area contributed by atoms with Gasteiger partial charge in [-0.2, -0.15) is 4.68 Å². The standard InChI is InChI=1S/C22H18FN5O2/c1-15-25-26-27-28(15)21-13-17(11-12-20(21)23)24-22(29)19-10-6-5-7-16(19)14-30-18-8-3-2-4-9-18/h2-13H,14H2,1H3,(H,24,29). The summed E-state index contributed by atoms with van der Waals surface area (Å²) in [6.07, 6.45) is 0. The van der Waals surface area contributed by atoms with E-state index in [0.717, 1.165) is 5.56 Å². The Bertz CT molecular complexity index is 1180. The minimum Gasteiger partial charge on any atom is -0.489 e. The van der Waals surface area contributed by atoms with Crippen molar-refractivity contribution in [3.8, 4) is 11.4 Å². The molecule has 1 N–H and O–H groups in total. The second kappa shape index (κ2) is 8.52. The van der Waals surface area contributed by atoms with Crippen molar-refractivity contribution in [2.75, 3.05) is 5.32 Å². The lowest BCUT2D eigenvalue weighted by Gasteiger charge is -2.12. The van der Waals surface area contributed by atoms with Crippen molar-refractivity contribution in [3.05, 3.63) is 95.6 Å². The van der Waals surface area contributed by atoms with Crippen LogP contribution in [0.2, 0.25) is 0 Å². The molecule has 0 atom stereocenters. The van der Waals surface area contributed by atoms with Gasteiger partial charge in [-0.25, -0.2) is 4.39 Å². The number of tetrazole rings is 1. The number of ether oxygens (including phenoxy) is 1. The van der Waals surface area contributed by atoms with Gasteiger partial charge in [0, 0.05) is 16.8 Å². The molecule has 0 bridgehead atoms. The number of benzene rings is 3. The van der Waals surface area contributed by atoms with Crippen LogP contribution in [0.15, 0.2) is 72.8 Å². The number of hydrogen-bond donors (Lipinski definition) is 1. The summed E-state index contributed by atoms with van der Waals surface area (Å²) < 4.78 is 21.3. The lowest BCUT2D eigenvalue weighted by molar-refractivity contribution is 0.102. The van der Waals surface area contributed by atoms with Crippen LogP contribution in [-0.2, 0) is 6.61 Å². The van der Waals surface area contributed by atoms with Crippen LogP contribution in [0.1, 0.15) is 21.7 Å². The molecular weight excluding hydrogens is 385 g/mol. The van der Waals surface area contributed by atoms with Gasteiger partial charge in [0.25, 0.3) is 5.91 Å². The molecule has 4 aromatic rings. The Hall–Kier alpha value is -4.07. The number of nitrogens with zero attached hydrogens (tertiary/aromatic N) is 4. The van der Waals surface area contributed by atoms with Gasteiger partial charge < -0.3 is 10.1 Å². The van der Waals surface area contributed by atoms with Crippen molar-refractivity contribution in [2.24, 2.45) is 0 Å². The third-order valence-electron chi connectivity index (χ3n) is 4.46. The first-order valence-corrected chi connectivity index (χ1v) is 9.24. The molecule has 1 amide bonds. The number of hydrogen-bond acceptors (Lipinski definition) is 5. The van der Waals surface area contributed by atoms with Gasteiger partial charge >= 0.3 is 0 Å². The molecule has 1 aromatic heterocycles. The first kappa shape index (κ1) is 19.3. The Morgan fingerprint density at radius 3 is 2.60 bits per heavy atom. The van der Waals surface area contributed by atoms with E-state index in [9.17, 15) is 9.18 Å². The van der Waals surface area contributed by atoms with E-state index in [1.807, 2.05) is 42.5 Å². The van der Waals surface area contributed by atoms with Crippen molar-refractivity contribution in [1.82, 2.24) is 20.2 Å². The quantitative estimate of drug-likeness (QED) is 0.527. The van der Waals surface area contributed by atoms with Crippen molar-refractivity contribution >= 4 is 11.6 Å². The molecule has 0 saturated heterocycles. The highest BCUT2D eigenvalue weighted by atomic mass is 19.1. The maximum Gasteiger partial charge on any atom is 0.256 e. The van der Waals surface area contributed by atoms with Gasteiger partial charge in [0.1, 0.15) is 23.9 Å². The van der Waals surface area contributed by atoms with E-state index in [-0.39, 0.29) is 18.2 Å². The van der Waals surface area contributed by atoms with Crippen molar-refractivity contribution < 1.29 is 13.9 Å². The second-order valence-electron chi connectivity index (χ2n) is 6.52. The van der Waals surface area contributed by atoms with Gasteiger partial charge in [-0.05, 0) is 53.7 Å². The van der Waals surface area contributed by atoms with Gasteiger partial charge in [-0.15, -0.1) is 5.10 Å². The molecule has 0 saturated carbocycles. The Morgan fingerprint density at radius 1 is 1.07 bits per heavy atom. The summed E-state index contributed by atoms with van der Waals surface area (Å²) in [6, 6.07) is 20.8. The van der Waals surface area contributed by atoms with Crippen LogP contribution in [0, 0.1) is 12.7 Å². The molecule has 8 heteroatoms. The van der Waals surface area contributed by atoms with Gasteiger partial charge in [0.15, 0.2) is 5.82 Å². The Kier molecular flexibility index (Phi) is 5.47. The number of aryl methyl sites for hydroxylation is 1. The smallest absolute Gasteiger partial charge is 0.256 e. The summed E-state index contributed by atoms with van der Waals surface area (Å²) in [5.74, 6) is 0.321. The Morgan fingerprint density at radius 2 is 1.83 bits per heavy atom. The summed E-state index contributed by atoms with van der Waals surface area (Å²) in [5.41, 5.74) is 1.77. The number of amides is 1. The van der Waals surface area contributed by atoms with Gasteiger partial charge in [0.2, 0.25) is 0 Å². The first-order chi connectivity index (χ1) is 14.6. The van der Waals surface area contributed by atoms with Gasteiger partial charge in [0.05, 0.1) is 0 Å². The number of nitrogens with one attached hydrogen (secondary N) is 1. The predicted octanol–water partition coefficient (Wildman–Crippen LogP) is 3.94. The average molecular weight is 403 g/mol. The molecule has 0 aliphatic carbocycles. The van der Waals surface area contributed by atoms with E-state index in [4.69, 9.17) is 4.74 Å². The van der Waals surface area contributed by atoms with Crippen LogP contribution < -0.4 is 10.1 Å². The number of anilines is 1. The summed E-state index contributed by atoms with van der Waals surface area (Å²) in [5, 5.41) is 13.9. The summed E-state index contributed by atoms with van der Waals surface area (Å²) in [6.45, 7) is 1.90. The van der Waals surface area contributed by atoms with Crippen molar-refractivity contribution in [1.29, 1.82) is 0 Å².